The van der Waals surface area contributed by atoms with Crippen molar-refractivity contribution < 1.29 is 4.74 Å². The molecule has 122 valence electrons. The molecule has 24 heavy (non-hydrogen) atoms. The Balaban J connectivity index is 1.99. The van der Waals surface area contributed by atoms with Crippen molar-refractivity contribution >= 4 is 29.1 Å². The first-order valence-corrected chi connectivity index (χ1v) is 8.59. The zero-order chi connectivity index (χ0) is 17.1. The van der Waals surface area contributed by atoms with Gasteiger partial charge in [0.1, 0.15) is 5.75 Å². The van der Waals surface area contributed by atoms with Crippen molar-refractivity contribution in [1.82, 2.24) is 9.78 Å². The number of aromatic nitrogens is 2. The van der Waals surface area contributed by atoms with Gasteiger partial charge in [-0.2, -0.15) is 5.10 Å². The van der Waals surface area contributed by atoms with Gasteiger partial charge >= 0.3 is 0 Å². The Labute approximate surface area is 145 Å². The standard InChI is InChI=1S/C18H18N2O2P2/c1-22-13-5-6-15(17(24)10-13)16-7-8-18(21)20(19-16)11-12-3-2-4-14(23)9-12/h2-10H,11,23-24H2,1H3. The van der Waals surface area contributed by atoms with Crippen LogP contribution in [0.4, 0.5) is 0 Å². The summed E-state index contributed by atoms with van der Waals surface area (Å²) >= 11 is 0. The van der Waals surface area contributed by atoms with Gasteiger partial charge in [0.2, 0.25) is 0 Å². The van der Waals surface area contributed by atoms with Gasteiger partial charge in [-0.15, -0.1) is 18.5 Å². The molecule has 1 aromatic heterocycles. The molecule has 3 aromatic rings. The van der Waals surface area contributed by atoms with Crippen molar-refractivity contribution in [2.24, 2.45) is 0 Å². The van der Waals surface area contributed by atoms with E-state index in [1.807, 2.05) is 42.5 Å². The second-order valence-corrected chi connectivity index (χ2v) is 6.70. The van der Waals surface area contributed by atoms with Gasteiger partial charge in [-0.25, -0.2) is 4.68 Å². The lowest BCUT2D eigenvalue weighted by Crippen LogP contribution is -2.23. The van der Waals surface area contributed by atoms with Gasteiger partial charge in [0.05, 0.1) is 19.3 Å². The Morgan fingerprint density at radius 1 is 1.08 bits per heavy atom. The van der Waals surface area contributed by atoms with Gasteiger partial charge in [0.25, 0.3) is 5.56 Å². The first-order chi connectivity index (χ1) is 11.6. The zero-order valence-corrected chi connectivity index (χ0v) is 15.6. The van der Waals surface area contributed by atoms with E-state index >= 15 is 0 Å². The second kappa shape index (κ2) is 7.25. The van der Waals surface area contributed by atoms with Gasteiger partial charge in [0.15, 0.2) is 0 Å². The highest BCUT2D eigenvalue weighted by molar-refractivity contribution is 7.28. The maximum Gasteiger partial charge on any atom is 0.267 e. The fourth-order valence-corrected chi connectivity index (χ4v) is 3.20. The summed E-state index contributed by atoms with van der Waals surface area (Å²) in [5.74, 6) is 0.786. The summed E-state index contributed by atoms with van der Waals surface area (Å²) in [6.07, 6.45) is 0. The van der Waals surface area contributed by atoms with Crippen molar-refractivity contribution in [2.45, 2.75) is 6.54 Å². The third kappa shape index (κ3) is 3.72. The van der Waals surface area contributed by atoms with Gasteiger partial charge in [-0.1, -0.05) is 18.2 Å². The van der Waals surface area contributed by atoms with E-state index in [1.54, 1.807) is 19.2 Å². The molecule has 0 radical (unpaired) electrons. The maximum atomic E-state index is 12.1. The number of hydrogen-bond donors (Lipinski definition) is 0. The van der Waals surface area contributed by atoms with E-state index in [9.17, 15) is 4.79 Å². The minimum atomic E-state index is -0.119. The van der Waals surface area contributed by atoms with Crippen LogP contribution in [0, 0.1) is 0 Å². The summed E-state index contributed by atoms with van der Waals surface area (Å²) in [6, 6.07) is 17.0. The van der Waals surface area contributed by atoms with Crippen LogP contribution in [0.25, 0.3) is 11.3 Å². The normalized spacial score (nSPS) is 10.6. The van der Waals surface area contributed by atoms with E-state index in [-0.39, 0.29) is 5.56 Å². The molecule has 0 fully saturated rings. The minimum Gasteiger partial charge on any atom is -0.497 e. The second-order valence-electron chi connectivity index (χ2n) is 5.41. The third-order valence-corrected chi connectivity index (χ3v) is 4.52. The summed E-state index contributed by atoms with van der Waals surface area (Å²) in [4.78, 5) is 12.1. The van der Waals surface area contributed by atoms with Gasteiger partial charge in [-0.05, 0) is 46.5 Å². The number of methoxy groups -OCH3 is 1. The average molecular weight is 356 g/mol. The van der Waals surface area contributed by atoms with E-state index < -0.39 is 0 Å². The molecule has 0 aliphatic heterocycles. The highest BCUT2D eigenvalue weighted by Gasteiger charge is 2.08. The monoisotopic (exact) mass is 356 g/mol. The molecule has 0 N–H and O–H groups in total. The van der Waals surface area contributed by atoms with Crippen LogP contribution in [0.15, 0.2) is 59.4 Å². The molecule has 2 aromatic carbocycles. The predicted octanol–water partition coefficient (Wildman–Crippen LogP) is 1.97. The minimum absolute atomic E-state index is 0.119. The van der Waals surface area contributed by atoms with E-state index in [1.165, 1.54) is 4.68 Å². The Morgan fingerprint density at radius 2 is 1.92 bits per heavy atom. The molecule has 2 atom stereocenters. The number of hydrogen-bond acceptors (Lipinski definition) is 3. The van der Waals surface area contributed by atoms with E-state index in [0.717, 1.165) is 33.2 Å². The quantitative estimate of drug-likeness (QED) is 0.672. The van der Waals surface area contributed by atoms with Gasteiger partial charge in [0, 0.05) is 11.6 Å². The molecule has 4 nitrogen and oxygen atoms in total. The summed E-state index contributed by atoms with van der Waals surface area (Å²) in [6.45, 7) is 0.442. The molecule has 0 saturated carbocycles. The van der Waals surface area contributed by atoms with Gasteiger partial charge in [-0.3, -0.25) is 4.79 Å². The largest absolute Gasteiger partial charge is 0.497 e. The van der Waals surface area contributed by atoms with Crippen molar-refractivity contribution in [3.8, 4) is 17.0 Å². The summed E-state index contributed by atoms with van der Waals surface area (Å²) < 4.78 is 6.72. The van der Waals surface area contributed by atoms with Crippen LogP contribution < -0.4 is 20.9 Å². The molecule has 0 bridgehead atoms. The molecule has 0 aliphatic rings. The molecule has 1 heterocycles. The zero-order valence-electron chi connectivity index (χ0n) is 13.3. The summed E-state index contributed by atoms with van der Waals surface area (Å²) in [7, 11) is 6.98. The smallest absolute Gasteiger partial charge is 0.267 e. The van der Waals surface area contributed by atoms with E-state index in [4.69, 9.17) is 4.74 Å². The molecule has 0 spiro atoms. The van der Waals surface area contributed by atoms with E-state index in [0.29, 0.717) is 6.54 Å². The van der Waals surface area contributed by atoms with Crippen LogP contribution in [0.1, 0.15) is 5.56 Å². The molecular formula is C18H18N2O2P2. The fourth-order valence-electron chi connectivity index (χ4n) is 2.47. The lowest BCUT2D eigenvalue weighted by Gasteiger charge is -2.10. The van der Waals surface area contributed by atoms with Crippen LogP contribution in [-0.2, 0) is 6.54 Å². The average Bonchev–Trinajstić information content (AvgIpc) is 2.57. The van der Waals surface area contributed by atoms with Crippen molar-refractivity contribution in [3.63, 3.8) is 0 Å². The number of benzene rings is 2. The fraction of sp³-hybridized carbons (Fsp3) is 0.111. The lowest BCUT2D eigenvalue weighted by molar-refractivity contribution is 0.415. The lowest BCUT2D eigenvalue weighted by atomic mass is 10.1. The number of rotatable bonds is 4. The first kappa shape index (κ1) is 16.8. The first-order valence-electron chi connectivity index (χ1n) is 7.43. The van der Waals surface area contributed by atoms with Crippen LogP contribution in [0.2, 0.25) is 0 Å². The van der Waals surface area contributed by atoms with E-state index in [2.05, 4.69) is 23.6 Å². The maximum absolute atomic E-state index is 12.1. The highest BCUT2D eigenvalue weighted by atomic mass is 31.0. The van der Waals surface area contributed by atoms with Crippen LogP contribution in [-0.4, -0.2) is 16.9 Å². The van der Waals surface area contributed by atoms with Crippen molar-refractivity contribution in [1.29, 1.82) is 0 Å². The van der Waals surface area contributed by atoms with Crippen molar-refractivity contribution in [2.75, 3.05) is 7.11 Å². The predicted molar refractivity (Wildman–Crippen MR) is 105 cm³/mol. The molecule has 6 heteroatoms. The topological polar surface area (TPSA) is 44.1 Å². The highest BCUT2D eigenvalue weighted by Crippen LogP contribution is 2.20. The molecule has 0 saturated heterocycles. The Bertz CT molecular complexity index is 938. The SMILES string of the molecule is COc1ccc(-c2ccc(=O)n(Cc3cccc(P)c3)n2)c(P)c1. The third-order valence-electron chi connectivity index (χ3n) is 3.68. The molecule has 2 unspecified atom stereocenters. The van der Waals surface area contributed by atoms with Gasteiger partial charge < -0.3 is 4.74 Å². The summed E-state index contributed by atoms with van der Waals surface area (Å²) in [5.41, 5.74) is 2.63. The van der Waals surface area contributed by atoms with Crippen LogP contribution in [0.5, 0.6) is 5.75 Å². The number of ether oxygens (including phenoxy) is 1. The van der Waals surface area contributed by atoms with Crippen LogP contribution in [0.3, 0.4) is 0 Å². The van der Waals surface area contributed by atoms with Crippen LogP contribution >= 0.6 is 18.5 Å². The van der Waals surface area contributed by atoms with Crippen molar-refractivity contribution in [3.05, 3.63) is 70.5 Å². The molecule has 0 aliphatic carbocycles. The Hall–Kier alpha value is -2.02. The Kier molecular flexibility index (Phi) is 5.08. The Morgan fingerprint density at radius 3 is 2.62 bits per heavy atom. The molecule has 0 amide bonds. The summed E-state index contributed by atoms with van der Waals surface area (Å²) in [5, 5.41) is 6.58. The molecular weight excluding hydrogens is 338 g/mol. The number of nitrogens with zero attached hydrogens (tertiary/aromatic N) is 2. The molecule has 3 rings (SSSR count).